The molecular formula is C37H21N3O2. The number of nitrogens with zero attached hydrogens (tertiary/aromatic N) is 3. The van der Waals surface area contributed by atoms with E-state index in [1.807, 2.05) is 30.3 Å². The third-order valence-corrected chi connectivity index (χ3v) is 8.54. The van der Waals surface area contributed by atoms with Gasteiger partial charge in [-0.2, -0.15) is 0 Å². The second-order valence-electron chi connectivity index (χ2n) is 10.8. The van der Waals surface area contributed by atoms with E-state index >= 15 is 0 Å². The van der Waals surface area contributed by atoms with E-state index in [9.17, 15) is 0 Å². The molecule has 42 heavy (non-hydrogen) atoms. The summed E-state index contributed by atoms with van der Waals surface area (Å²) >= 11 is 0. The lowest BCUT2D eigenvalue weighted by atomic mass is 10.1. The van der Waals surface area contributed by atoms with Crippen molar-refractivity contribution in [2.75, 3.05) is 4.90 Å². The molecule has 0 N–H and O–H groups in total. The minimum atomic E-state index is 0.592. The molecule has 0 spiro atoms. The van der Waals surface area contributed by atoms with Crippen LogP contribution in [0.1, 0.15) is 0 Å². The number of hydrogen-bond acceptors (Lipinski definition) is 4. The summed E-state index contributed by atoms with van der Waals surface area (Å²) < 4.78 is 14.7. The Morgan fingerprint density at radius 1 is 0.500 bits per heavy atom. The maximum atomic E-state index is 6.28. The normalized spacial score (nSPS) is 12.7. The summed E-state index contributed by atoms with van der Waals surface area (Å²) in [5.41, 5.74) is 11.1. The van der Waals surface area contributed by atoms with Gasteiger partial charge >= 0.3 is 0 Å². The Labute approximate surface area is 239 Å². The molecule has 0 saturated heterocycles. The predicted molar refractivity (Wildman–Crippen MR) is 169 cm³/mol. The molecule has 3 aromatic heterocycles. The molecule has 0 unspecified atom stereocenters. The molecule has 6 aromatic carbocycles. The highest BCUT2D eigenvalue weighted by Crippen LogP contribution is 2.49. The van der Waals surface area contributed by atoms with Gasteiger partial charge in [-0.1, -0.05) is 60.7 Å². The first kappa shape index (κ1) is 21.9. The van der Waals surface area contributed by atoms with Crippen molar-refractivity contribution in [2.45, 2.75) is 0 Å². The van der Waals surface area contributed by atoms with Crippen LogP contribution in [0, 0.1) is 0 Å². The summed E-state index contributed by atoms with van der Waals surface area (Å²) in [6, 6.07) is 44.4. The Bertz CT molecular complexity index is 2530. The molecule has 0 aliphatic carbocycles. The largest absolute Gasteiger partial charge is 0.456 e. The maximum Gasteiger partial charge on any atom is 0.227 e. The number of aromatic nitrogens is 2. The highest BCUT2D eigenvalue weighted by Gasteiger charge is 2.28. The van der Waals surface area contributed by atoms with Crippen LogP contribution in [0.15, 0.2) is 136 Å². The number of fused-ring (bicyclic) bond motifs is 9. The molecule has 1 aliphatic rings. The van der Waals surface area contributed by atoms with Gasteiger partial charge in [0.15, 0.2) is 5.58 Å². The summed E-state index contributed by atoms with van der Waals surface area (Å²) in [4.78, 5) is 7.18. The van der Waals surface area contributed by atoms with Crippen molar-refractivity contribution in [3.8, 4) is 17.1 Å². The molecule has 0 radical (unpaired) electrons. The van der Waals surface area contributed by atoms with Crippen LogP contribution in [-0.4, -0.2) is 9.55 Å². The molecule has 10 rings (SSSR count). The number of benzene rings is 6. The molecule has 0 fully saturated rings. The summed E-state index contributed by atoms with van der Waals surface area (Å²) in [5.74, 6) is 0.592. The number of oxazole rings is 1. The van der Waals surface area contributed by atoms with E-state index in [1.54, 1.807) is 0 Å². The van der Waals surface area contributed by atoms with Gasteiger partial charge in [0.05, 0.1) is 28.1 Å². The van der Waals surface area contributed by atoms with Gasteiger partial charge in [-0.05, 0) is 60.7 Å². The number of hydrogen-bond donors (Lipinski definition) is 0. The van der Waals surface area contributed by atoms with Crippen molar-refractivity contribution in [1.82, 2.24) is 9.55 Å². The fourth-order valence-corrected chi connectivity index (χ4v) is 6.70. The van der Waals surface area contributed by atoms with Gasteiger partial charge in [-0.25, -0.2) is 4.98 Å². The Balaban J connectivity index is 1.11. The van der Waals surface area contributed by atoms with Crippen LogP contribution in [-0.2, 0) is 0 Å². The van der Waals surface area contributed by atoms with Gasteiger partial charge in [-0.3, -0.25) is 0 Å². The molecule has 9 aromatic rings. The van der Waals surface area contributed by atoms with Crippen LogP contribution in [0.4, 0.5) is 17.1 Å². The van der Waals surface area contributed by atoms with Crippen LogP contribution in [0.2, 0.25) is 0 Å². The summed E-state index contributed by atoms with van der Waals surface area (Å²) in [7, 11) is 0. The molecular weight excluding hydrogens is 518 g/mol. The van der Waals surface area contributed by atoms with E-state index in [2.05, 4.69) is 107 Å². The second-order valence-corrected chi connectivity index (χ2v) is 10.8. The zero-order valence-corrected chi connectivity index (χ0v) is 22.3. The van der Waals surface area contributed by atoms with Crippen molar-refractivity contribution in [1.29, 1.82) is 0 Å². The minimum absolute atomic E-state index is 0.592. The highest BCUT2D eigenvalue weighted by atomic mass is 16.4. The van der Waals surface area contributed by atoms with Gasteiger partial charge in [-0.15, -0.1) is 0 Å². The summed E-state index contributed by atoms with van der Waals surface area (Å²) in [6.07, 6.45) is 0. The Morgan fingerprint density at radius 3 is 2.14 bits per heavy atom. The molecule has 0 bridgehead atoms. The van der Waals surface area contributed by atoms with E-state index < -0.39 is 0 Å². The fourth-order valence-electron chi connectivity index (χ4n) is 6.70. The molecule has 5 nitrogen and oxygen atoms in total. The Hall–Kier alpha value is -5.81. The first-order valence-corrected chi connectivity index (χ1v) is 14.1. The van der Waals surface area contributed by atoms with Crippen molar-refractivity contribution in [3.05, 3.63) is 127 Å². The van der Waals surface area contributed by atoms with Crippen LogP contribution in [0.5, 0.6) is 0 Å². The van der Waals surface area contributed by atoms with E-state index in [0.29, 0.717) is 5.89 Å². The average molecular weight is 540 g/mol. The van der Waals surface area contributed by atoms with Gasteiger partial charge < -0.3 is 18.3 Å². The van der Waals surface area contributed by atoms with Crippen LogP contribution in [0.25, 0.3) is 72.0 Å². The number of rotatable bonds is 2. The highest BCUT2D eigenvalue weighted by molar-refractivity contribution is 6.16. The van der Waals surface area contributed by atoms with E-state index in [-0.39, 0.29) is 0 Å². The second kappa shape index (κ2) is 7.89. The standard InChI is InChI=1S/C37H21N3O2/c1-3-11-29-24(8-1)26-10-7-14-32-36(26)40(29)31-13-5-4-12-30(31)39(32)23-18-16-22(17-19-23)37-38-28-21-34-27(20-35(28)42-37)25-9-2-6-15-33(25)41-34/h1-21H. The third kappa shape index (κ3) is 2.84. The number of anilines is 3. The zero-order valence-electron chi connectivity index (χ0n) is 22.3. The molecule has 5 heteroatoms. The molecule has 0 amide bonds. The van der Waals surface area contributed by atoms with Gasteiger partial charge in [0.2, 0.25) is 5.89 Å². The molecule has 196 valence electrons. The van der Waals surface area contributed by atoms with Crippen molar-refractivity contribution < 1.29 is 8.83 Å². The predicted octanol–water partition coefficient (Wildman–Crippen LogP) is 10.3. The molecule has 1 aliphatic heterocycles. The molecule has 4 heterocycles. The molecule has 0 atom stereocenters. The van der Waals surface area contributed by atoms with Crippen LogP contribution >= 0.6 is 0 Å². The van der Waals surface area contributed by atoms with Crippen molar-refractivity contribution in [2.24, 2.45) is 0 Å². The van der Waals surface area contributed by atoms with Crippen LogP contribution in [0.3, 0.4) is 0 Å². The minimum Gasteiger partial charge on any atom is -0.456 e. The first-order valence-electron chi connectivity index (χ1n) is 14.1. The van der Waals surface area contributed by atoms with E-state index in [1.165, 1.54) is 27.5 Å². The van der Waals surface area contributed by atoms with Gasteiger partial charge in [0.25, 0.3) is 0 Å². The van der Waals surface area contributed by atoms with Crippen molar-refractivity contribution >= 4 is 71.9 Å². The smallest absolute Gasteiger partial charge is 0.227 e. The topological polar surface area (TPSA) is 47.3 Å². The zero-order chi connectivity index (χ0) is 27.4. The lowest BCUT2D eigenvalue weighted by molar-refractivity contribution is 0.620. The monoisotopic (exact) mass is 539 g/mol. The summed E-state index contributed by atoms with van der Waals surface area (Å²) in [5, 5.41) is 4.63. The molecule has 0 saturated carbocycles. The third-order valence-electron chi connectivity index (χ3n) is 8.54. The summed E-state index contributed by atoms with van der Waals surface area (Å²) in [6.45, 7) is 0. The Kier molecular flexibility index (Phi) is 4.12. The maximum absolute atomic E-state index is 6.28. The lowest BCUT2D eigenvalue weighted by Crippen LogP contribution is -2.17. The van der Waals surface area contributed by atoms with Gasteiger partial charge in [0, 0.05) is 38.9 Å². The van der Waals surface area contributed by atoms with Gasteiger partial charge in [0.1, 0.15) is 16.7 Å². The first-order chi connectivity index (χ1) is 20.8. The van der Waals surface area contributed by atoms with Crippen molar-refractivity contribution in [3.63, 3.8) is 0 Å². The van der Waals surface area contributed by atoms with E-state index in [4.69, 9.17) is 13.8 Å². The van der Waals surface area contributed by atoms with Crippen LogP contribution < -0.4 is 4.90 Å². The fraction of sp³-hybridized carbons (Fsp3) is 0. The van der Waals surface area contributed by atoms with E-state index in [0.717, 1.165) is 55.7 Å². The number of furan rings is 1. The average Bonchev–Trinajstić information content (AvgIpc) is 3.73. The number of para-hydroxylation sites is 5. The Morgan fingerprint density at radius 2 is 1.24 bits per heavy atom. The SMILES string of the molecule is c1ccc2c(c1)N(c1ccc(-c3nc4cc5oc6ccccc6c5cc4o3)cc1)c1cccc3c4ccccc4n-2c13. The lowest BCUT2D eigenvalue weighted by Gasteiger charge is -2.33. The quantitative estimate of drug-likeness (QED) is 0.219.